The van der Waals surface area contributed by atoms with Gasteiger partial charge in [-0.3, -0.25) is 0 Å². The van der Waals surface area contributed by atoms with Gasteiger partial charge in [-0.15, -0.1) is 11.3 Å². The van der Waals surface area contributed by atoms with Crippen LogP contribution in [0.4, 0.5) is 17.1 Å². The normalized spacial score (nSPS) is 11.6. The van der Waals surface area contributed by atoms with Gasteiger partial charge in [0.1, 0.15) is 11.2 Å². The summed E-state index contributed by atoms with van der Waals surface area (Å²) in [5.41, 5.74) is 14.5. The Balaban J connectivity index is 0.988. The number of furan rings is 1. The maximum atomic E-state index is 6.39. The molecule has 0 N–H and O–H groups in total. The van der Waals surface area contributed by atoms with E-state index in [0.29, 0.717) is 0 Å². The summed E-state index contributed by atoms with van der Waals surface area (Å²) in [6.45, 7) is 0. The predicted octanol–water partition coefficient (Wildman–Crippen LogP) is 17.2. The molecule has 0 saturated carbocycles. The van der Waals surface area contributed by atoms with E-state index in [1.165, 1.54) is 64.3 Å². The van der Waals surface area contributed by atoms with Crippen LogP contribution in [0.1, 0.15) is 0 Å². The molecule has 0 radical (unpaired) electrons. The van der Waals surface area contributed by atoms with Gasteiger partial charge in [0.2, 0.25) is 0 Å². The zero-order chi connectivity index (χ0) is 40.3. The fraction of sp³-hybridized carbons (Fsp3) is 0. The van der Waals surface area contributed by atoms with Crippen LogP contribution in [0.2, 0.25) is 0 Å². The summed E-state index contributed by atoms with van der Waals surface area (Å²) >= 11 is 1.86. The highest BCUT2D eigenvalue weighted by Gasteiger charge is 2.21. The molecule has 0 aliphatic carbocycles. The monoisotopic (exact) mass is 795 g/mol. The third-order valence-corrected chi connectivity index (χ3v) is 13.2. The second-order valence-corrected chi connectivity index (χ2v) is 16.7. The molecule has 0 amide bonds. The Kier molecular flexibility index (Phi) is 8.39. The summed E-state index contributed by atoms with van der Waals surface area (Å²) in [6.07, 6.45) is 0. The average molecular weight is 796 g/mol. The van der Waals surface area contributed by atoms with Crippen molar-refractivity contribution in [3.8, 4) is 44.5 Å². The van der Waals surface area contributed by atoms with Gasteiger partial charge in [-0.1, -0.05) is 164 Å². The molecule has 2 heterocycles. The van der Waals surface area contributed by atoms with E-state index in [0.717, 1.165) is 50.1 Å². The highest BCUT2D eigenvalue weighted by molar-refractivity contribution is 7.25. The van der Waals surface area contributed by atoms with Crippen molar-refractivity contribution in [2.24, 2.45) is 0 Å². The van der Waals surface area contributed by atoms with Crippen molar-refractivity contribution >= 4 is 81.3 Å². The summed E-state index contributed by atoms with van der Waals surface area (Å²) in [4.78, 5) is 2.40. The molecule has 0 spiro atoms. The number of hydrogen-bond acceptors (Lipinski definition) is 3. The lowest BCUT2D eigenvalue weighted by Crippen LogP contribution is -2.11. The van der Waals surface area contributed by atoms with Crippen LogP contribution >= 0.6 is 11.3 Å². The quantitative estimate of drug-likeness (QED) is 0.160. The van der Waals surface area contributed by atoms with Crippen LogP contribution in [-0.4, -0.2) is 0 Å². The van der Waals surface area contributed by atoms with Gasteiger partial charge < -0.3 is 9.32 Å². The average Bonchev–Trinajstić information content (AvgIpc) is 3.90. The third kappa shape index (κ3) is 6.09. The second kappa shape index (κ2) is 14.5. The first-order valence-electron chi connectivity index (χ1n) is 20.7. The lowest BCUT2D eigenvalue weighted by atomic mass is 9.93. The van der Waals surface area contributed by atoms with Crippen LogP contribution in [0.3, 0.4) is 0 Å². The fourth-order valence-electron chi connectivity index (χ4n) is 9.16. The number of thiophene rings is 1. The zero-order valence-electron chi connectivity index (χ0n) is 33.1. The van der Waals surface area contributed by atoms with E-state index >= 15 is 0 Å². The molecule has 0 atom stereocenters. The van der Waals surface area contributed by atoms with Crippen LogP contribution in [0.5, 0.6) is 0 Å². The van der Waals surface area contributed by atoms with E-state index in [4.69, 9.17) is 4.42 Å². The van der Waals surface area contributed by atoms with Crippen LogP contribution in [-0.2, 0) is 0 Å². The Morgan fingerprint density at radius 2 is 0.902 bits per heavy atom. The molecule has 3 heteroatoms. The lowest BCUT2D eigenvalue weighted by Gasteiger charge is -2.28. The predicted molar refractivity (Wildman–Crippen MR) is 261 cm³/mol. The molecular formula is C58H37NOS. The number of hydrogen-bond donors (Lipinski definition) is 0. The smallest absolute Gasteiger partial charge is 0.136 e. The molecular weight excluding hydrogens is 759 g/mol. The third-order valence-electron chi connectivity index (χ3n) is 12.1. The van der Waals surface area contributed by atoms with Crippen LogP contribution in [0.25, 0.3) is 97.4 Å². The molecule has 0 fully saturated rings. The minimum absolute atomic E-state index is 0.884. The largest absolute Gasteiger partial charge is 0.456 e. The molecule has 12 aromatic rings. The molecule has 0 unspecified atom stereocenters. The SMILES string of the molecule is c1ccc(-c2ccc3ccccc3c2)c(-c2ccc(N(c3ccc(-c4ccc5c(c4)sc4ccccc45)cc3)c3ccccc3-c3cccc4oc5ccccc5c34)cc2)c1. The lowest BCUT2D eigenvalue weighted by molar-refractivity contribution is 0.669. The van der Waals surface area contributed by atoms with Gasteiger partial charge in [0.25, 0.3) is 0 Å². The molecule has 2 aromatic heterocycles. The highest BCUT2D eigenvalue weighted by atomic mass is 32.1. The van der Waals surface area contributed by atoms with Crippen molar-refractivity contribution in [1.29, 1.82) is 0 Å². The maximum absolute atomic E-state index is 6.39. The standard InChI is InChI=1S/C58H37NOS/c1-2-13-41-36-43(25-24-38(41)12-1)47-15-4-3-14-46(47)40-28-33-45(34-29-40)59(44-31-26-39(27-32-44)42-30-35-50-49-17-7-10-23-56(49)61-57(50)37-42)53-20-8-5-16-48(53)51-19-11-22-55-58(51)52-18-6-9-21-54(52)60-55/h1-37H. The van der Waals surface area contributed by atoms with Crippen molar-refractivity contribution in [2.75, 3.05) is 4.90 Å². The summed E-state index contributed by atoms with van der Waals surface area (Å²) in [5, 5.41) is 7.36. The van der Waals surface area contributed by atoms with Gasteiger partial charge >= 0.3 is 0 Å². The molecule has 0 aliphatic rings. The fourth-order valence-corrected chi connectivity index (χ4v) is 10.3. The van der Waals surface area contributed by atoms with E-state index < -0.39 is 0 Å². The van der Waals surface area contributed by atoms with Crippen molar-refractivity contribution in [3.05, 3.63) is 224 Å². The van der Waals surface area contributed by atoms with E-state index in [1.54, 1.807) is 0 Å². The van der Waals surface area contributed by atoms with Crippen molar-refractivity contribution in [1.82, 2.24) is 0 Å². The zero-order valence-corrected chi connectivity index (χ0v) is 33.9. The van der Waals surface area contributed by atoms with Crippen LogP contribution in [0.15, 0.2) is 229 Å². The first-order valence-corrected chi connectivity index (χ1v) is 21.6. The summed E-state index contributed by atoms with van der Waals surface area (Å²) in [7, 11) is 0. The molecule has 0 aliphatic heterocycles. The van der Waals surface area contributed by atoms with E-state index in [2.05, 4.69) is 223 Å². The van der Waals surface area contributed by atoms with Crippen molar-refractivity contribution < 1.29 is 4.42 Å². The van der Waals surface area contributed by atoms with Gasteiger partial charge in [-0.05, 0) is 110 Å². The van der Waals surface area contributed by atoms with Gasteiger partial charge in [0, 0.05) is 47.9 Å². The summed E-state index contributed by atoms with van der Waals surface area (Å²) < 4.78 is 9.02. The molecule has 0 bridgehead atoms. The van der Waals surface area contributed by atoms with Gasteiger partial charge in [0.05, 0.1) is 5.69 Å². The number of para-hydroxylation sites is 2. The Hall–Kier alpha value is -7.72. The maximum Gasteiger partial charge on any atom is 0.136 e. The Morgan fingerprint density at radius 3 is 1.72 bits per heavy atom. The van der Waals surface area contributed by atoms with Crippen molar-refractivity contribution in [3.63, 3.8) is 0 Å². The van der Waals surface area contributed by atoms with E-state index in [-0.39, 0.29) is 0 Å². The molecule has 61 heavy (non-hydrogen) atoms. The Bertz CT molecular complexity index is 3590. The Morgan fingerprint density at radius 1 is 0.328 bits per heavy atom. The summed E-state index contributed by atoms with van der Waals surface area (Å²) in [5.74, 6) is 0. The summed E-state index contributed by atoms with van der Waals surface area (Å²) in [6, 6.07) is 81.2. The minimum atomic E-state index is 0.884. The van der Waals surface area contributed by atoms with Crippen molar-refractivity contribution in [2.45, 2.75) is 0 Å². The number of fused-ring (bicyclic) bond motifs is 7. The topological polar surface area (TPSA) is 16.4 Å². The van der Waals surface area contributed by atoms with Gasteiger partial charge in [0.15, 0.2) is 0 Å². The molecule has 10 aromatic carbocycles. The first-order chi connectivity index (χ1) is 30.2. The molecule has 2 nitrogen and oxygen atoms in total. The van der Waals surface area contributed by atoms with E-state index in [9.17, 15) is 0 Å². The number of anilines is 3. The van der Waals surface area contributed by atoms with E-state index in [1.807, 2.05) is 17.4 Å². The molecule has 12 rings (SSSR count). The molecule has 0 saturated heterocycles. The highest BCUT2D eigenvalue weighted by Crippen LogP contribution is 2.46. The van der Waals surface area contributed by atoms with Crippen LogP contribution in [0, 0.1) is 0 Å². The number of rotatable bonds is 7. The Labute approximate surface area is 357 Å². The van der Waals surface area contributed by atoms with Gasteiger partial charge in [-0.25, -0.2) is 0 Å². The number of benzene rings is 10. The first kappa shape index (κ1) is 35.2. The van der Waals surface area contributed by atoms with Gasteiger partial charge in [-0.2, -0.15) is 0 Å². The molecule has 286 valence electrons. The minimum Gasteiger partial charge on any atom is -0.456 e. The second-order valence-electron chi connectivity index (χ2n) is 15.6. The number of nitrogens with zero attached hydrogens (tertiary/aromatic N) is 1. The van der Waals surface area contributed by atoms with Crippen LogP contribution < -0.4 is 4.90 Å².